The van der Waals surface area contributed by atoms with Crippen molar-refractivity contribution in [1.29, 1.82) is 0 Å². The zero-order valence-electron chi connectivity index (χ0n) is 11.7. The summed E-state index contributed by atoms with van der Waals surface area (Å²) in [6, 6.07) is -0.589. The van der Waals surface area contributed by atoms with E-state index in [0.717, 1.165) is 25.9 Å². The molecule has 1 unspecified atom stereocenters. The maximum Gasteiger partial charge on any atom is 0.318 e. The molecule has 1 rings (SSSR count). The SMILES string of the molecule is CCN(CC)C(=O)NC(C)C(=O)N1CCCCC1. The summed E-state index contributed by atoms with van der Waals surface area (Å²) >= 11 is 0. The Balaban J connectivity index is 2.45. The molecule has 0 bridgehead atoms. The summed E-state index contributed by atoms with van der Waals surface area (Å²) in [5, 5.41) is 2.77. The number of nitrogens with one attached hydrogen (secondary N) is 1. The van der Waals surface area contributed by atoms with Gasteiger partial charge in [-0.25, -0.2) is 4.79 Å². The molecule has 0 saturated carbocycles. The van der Waals surface area contributed by atoms with Crippen LogP contribution in [0.2, 0.25) is 0 Å². The molecule has 0 aromatic heterocycles. The number of amides is 3. The molecule has 0 aromatic carbocycles. The zero-order chi connectivity index (χ0) is 13.5. The van der Waals surface area contributed by atoms with E-state index in [1.807, 2.05) is 18.7 Å². The molecule has 1 atom stereocenters. The predicted octanol–water partition coefficient (Wildman–Crippen LogP) is 1.44. The van der Waals surface area contributed by atoms with Crippen LogP contribution in [0.15, 0.2) is 0 Å². The van der Waals surface area contributed by atoms with Gasteiger partial charge >= 0.3 is 6.03 Å². The van der Waals surface area contributed by atoms with Gasteiger partial charge in [0.05, 0.1) is 0 Å². The second-order valence-electron chi connectivity index (χ2n) is 4.73. The van der Waals surface area contributed by atoms with E-state index in [2.05, 4.69) is 5.32 Å². The minimum Gasteiger partial charge on any atom is -0.341 e. The summed E-state index contributed by atoms with van der Waals surface area (Å²) in [5.41, 5.74) is 0. The first-order valence-corrected chi connectivity index (χ1v) is 6.94. The number of piperidine rings is 1. The molecule has 1 heterocycles. The molecule has 1 aliphatic rings. The Labute approximate surface area is 110 Å². The summed E-state index contributed by atoms with van der Waals surface area (Å²) < 4.78 is 0. The largest absolute Gasteiger partial charge is 0.341 e. The Morgan fingerprint density at radius 1 is 1.17 bits per heavy atom. The minimum absolute atomic E-state index is 0.0372. The molecule has 0 radical (unpaired) electrons. The summed E-state index contributed by atoms with van der Waals surface area (Å²) in [6.45, 7) is 8.59. The van der Waals surface area contributed by atoms with Gasteiger partial charge in [-0.2, -0.15) is 0 Å². The molecule has 3 amide bonds. The minimum atomic E-state index is -0.434. The maximum absolute atomic E-state index is 12.1. The fourth-order valence-electron chi connectivity index (χ4n) is 2.24. The van der Waals surface area contributed by atoms with Crippen molar-refractivity contribution in [3.05, 3.63) is 0 Å². The molecule has 5 nitrogen and oxygen atoms in total. The van der Waals surface area contributed by atoms with E-state index in [1.165, 1.54) is 6.42 Å². The molecule has 0 aliphatic carbocycles. The standard InChI is InChI=1S/C13H25N3O2/c1-4-15(5-2)13(18)14-11(3)12(17)16-9-7-6-8-10-16/h11H,4-10H2,1-3H3,(H,14,18). The van der Waals surface area contributed by atoms with Gasteiger partial charge in [-0.1, -0.05) is 0 Å². The number of carbonyl (C=O) groups excluding carboxylic acids is 2. The van der Waals surface area contributed by atoms with Gasteiger partial charge in [-0.05, 0) is 40.0 Å². The highest BCUT2D eigenvalue weighted by molar-refractivity contribution is 5.86. The Kier molecular flexibility index (Phi) is 5.95. The van der Waals surface area contributed by atoms with Crippen LogP contribution < -0.4 is 5.32 Å². The zero-order valence-corrected chi connectivity index (χ0v) is 11.7. The number of carbonyl (C=O) groups is 2. The van der Waals surface area contributed by atoms with Gasteiger partial charge in [-0.15, -0.1) is 0 Å². The second-order valence-corrected chi connectivity index (χ2v) is 4.73. The summed E-state index contributed by atoms with van der Waals surface area (Å²) in [6.07, 6.45) is 3.34. The van der Waals surface area contributed by atoms with Crippen molar-refractivity contribution in [3.63, 3.8) is 0 Å². The van der Waals surface area contributed by atoms with Crippen LogP contribution in [-0.4, -0.2) is 54.0 Å². The van der Waals surface area contributed by atoms with Crippen molar-refractivity contribution in [1.82, 2.24) is 15.1 Å². The Bertz CT molecular complexity index is 284. The lowest BCUT2D eigenvalue weighted by atomic mass is 10.1. The van der Waals surface area contributed by atoms with Crippen LogP contribution >= 0.6 is 0 Å². The summed E-state index contributed by atoms with van der Waals surface area (Å²) in [4.78, 5) is 27.5. The quantitative estimate of drug-likeness (QED) is 0.826. The van der Waals surface area contributed by atoms with Crippen LogP contribution in [0.3, 0.4) is 0 Å². The Hall–Kier alpha value is -1.26. The third kappa shape index (κ3) is 3.89. The lowest BCUT2D eigenvalue weighted by molar-refractivity contribution is -0.133. The van der Waals surface area contributed by atoms with Crippen molar-refractivity contribution in [2.75, 3.05) is 26.2 Å². The van der Waals surface area contributed by atoms with Gasteiger partial charge in [-0.3, -0.25) is 4.79 Å². The molecule has 104 valence electrons. The number of urea groups is 1. The van der Waals surface area contributed by atoms with Crippen LogP contribution in [0.1, 0.15) is 40.0 Å². The molecule has 1 saturated heterocycles. The summed E-state index contributed by atoms with van der Waals surface area (Å²) in [7, 11) is 0. The van der Waals surface area contributed by atoms with Crippen LogP contribution in [0.25, 0.3) is 0 Å². The first kappa shape index (κ1) is 14.8. The molecule has 18 heavy (non-hydrogen) atoms. The Morgan fingerprint density at radius 2 is 1.72 bits per heavy atom. The van der Waals surface area contributed by atoms with Crippen LogP contribution in [0, 0.1) is 0 Å². The topological polar surface area (TPSA) is 52.7 Å². The van der Waals surface area contributed by atoms with E-state index in [0.29, 0.717) is 13.1 Å². The van der Waals surface area contributed by atoms with Crippen molar-refractivity contribution in [3.8, 4) is 0 Å². The first-order valence-electron chi connectivity index (χ1n) is 6.94. The molecule has 0 aromatic rings. The summed E-state index contributed by atoms with van der Waals surface area (Å²) in [5.74, 6) is 0.0372. The number of hydrogen-bond donors (Lipinski definition) is 1. The molecule has 1 fully saturated rings. The highest BCUT2D eigenvalue weighted by Crippen LogP contribution is 2.10. The van der Waals surface area contributed by atoms with Gasteiger partial charge in [0, 0.05) is 26.2 Å². The third-order valence-electron chi connectivity index (χ3n) is 3.43. The number of rotatable bonds is 4. The fraction of sp³-hybridized carbons (Fsp3) is 0.846. The van der Waals surface area contributed by atoms with Crippen LogP contribution in [0.5, 0.6) is 0 Å². The Morgan fingerprint density at radius 3 is 2.22 bits per heavy atom. The van der Waals surface area contributed by atoms with Crippen molar-refractivity contribution < 1.29 is 9.59 Å². The number of likely N-dealkylation sites (tertiary alicyclic amines) is 1. The lowest BCUT2D eigenvalue weighted by Gasteiger charge is -2.30. The monoisotopic (exact) mass is 255 g/mol. The van der Waals surface area contributed by atoms with Crippen molar-refractivity contribution >= 4 is 11.9 Å². The smallest absolute Gasteiger partial charge is 0.318 e. The number of hydrogen-bond acceptors (Lipinski definition) is 2. The van der Waals surface area contributed by atoms with E-state index >= 15 is 0 Å². The lowest BCUT2D eigenvalue weighted by Crippen LogP contribution is -2.51. The molecular weight excluding hydrogens is 230 g/mol. The van der Waals surface area contributed by atoms with Crippen molar-refractivity contribution in [2.45, 2.75) is 46.1 Å². The van der Waals surface area contributed by atoms with Gasteiger partial charge in [0.15, 0.2) is 0 Å². The van der Waals surface area contributed by atoms with Gasteiger partial charge < -0.3 is 15.1 Å². The van der Waals surface area contributed by atoms with Gasteiger partial charge in [0.2, 0.25) is 5.91 Å². The molecular formula is C13H25N3O2. The number of nitrogens with zero attached hydrogens (tertiary/aromatic N) is 2. The van der Waals surface area contributed by atoms with Crippen LogP contribution in [0.4, 0.5) is 4.79 Å². The predicted molar refractivity (Wildman–Crippen MR) is 71.3 cm³/mol. The van der Waals surface area contributed by atoms with Crippen LogP contribution in [-0.2, 0) is 4.79 Å². The highest BCUT2D eigenvalue weighted by Gasteiger charge is 2.24. The molecule has 1 N–H and O–H groups in total. The molecule has 5 heteroatoms. The van der Waals surface area contributed by atoms with Gasteiger partial charge in [0.25, 0.3) is 0 Å². The fourth-order valence-corrected chi connectivity index (χ4v) is 2.24. The van der Waals surface area contributed by atoms with Gasteiger partial charge in [0.1, 0.15) is 6.04 Å². The second kappa shape index (κ2) is 7.24. The molecule has 1 aliphatic heterocycles. The molecule has 0 spiro atoms. The third-order valence-corrected chi connectivity index (χ3v) is 3.43. The van der Waals surface area contributed by atoms with E-state index in [-0.39, 0.29) is 11.9 Å². The average molecular weight is 255 g/mol. The van der Waals surface area contributed by atoms with E-state index in [1.54, 1.807) is 11.8 Å². The van der Waals surface area contributed by atoms with E-state index in [9.17, 15) is 9.59 Å². The normalized spacial score (nSPS) is 17.2. The highest BCUT2D eigenvalue weighted by atomic mass is 16.2. The van der Waals surface area contributed by atoms with Crippen molar-refractivity contribution in [2.24, 2.45) is 0 Å². The van der Waals surface area contributed by atoms with E-state index in [4.69, 9.17) is 0 Å². The first-order chi connectivity index (χ1) is 8.60. The maximum atomic E-state index is 12.1. The van der Waals surface area contributed by atoms with E-state index < -0.39 is 6.04 Å². The average Bonchev–Trinajstić information content (AvgIpc) is 2.40.